The van der Waals surface area contributed by atoms with Gasteiger partial charge in [0.2, 0.25) is 10.0 Å². The molecule has 2 aromatic rings. The molecule has 0 bridgehead atoms. The lowest BCUT2D eigenvalue weighted by Crippen LogP contribution is -2.45. The van der Waals surface area contributed by atoms with Gasteiger partial charge in [-0.2, -0.15) is 0 Å². The second kappa shape index (κ2) is 7.48. The van der Waals surface area contributed by atoms with Gasteiger partial charge < -0.3 is 5.32 Å². The van der Waals surface area contributed by atoms with Crippen LogP contribution in [0.2, 0.25) is 5.02 Å². The standard InChI is InChI=1S/C21H22BrClN2O2S/c1-14-3-2-4-20-21(14,18-10-5-15(22)13-19(18)25-20)11-12-24-28(26,27)17-8-6-16(23)7-9-17/h5-10,13,20,24-25H,1-4,11-12H2/t20-,21-/m0/s1. The van der Waals surface area contributed by atoms with E-state index in [1.807, 2.05) is 6.07 Å². The highest BCUT2D eigenvalue weighted by Crippen LogP contribution is 2.53. The molecule has 1 heterocycles. The predicted molar refractivity (Wildman–Crippen MR) is 117 cm³/mol. The molecule has 0 aromatic heterocycles. The van der Waals surface area contributed by atoms with E-state index in [0.717, 1.165) is 29.4 Å². The van der Waals surface area contributed by atoms with Gasteiger partial charge in [-0.1, -0.05) is 45.7 Å². The highest BCUT2D eigenvalue weighted by Gasteiger charge is 2.49. The molecule has 4 rings (SSSR count). The molecule has 1 aliphatic heterocycles. The summed E-state index contributed by atoms with van der Waals surface area (Å²) in [6, 6.07) is 12.7. The third-order valence-corrected chi connectivity index (χ3v) is 8.15. The molecule has 28 heavy (non-hydrogen) atoms. The van der Waals surface area contributed by atoms with Gasteiger partial charge in [-0.05, 0) is 67.6 Å². The van der Waals surface area contributed by atoms with Crippen LogP contribution in [0.4, 0.5) is 5.69 Å². The lowest BCUT2D eigenvalue weighted by atomic mass is 9.63. The third-order valence-electron chi connectivity index (χ3n) is 5.92. The lowest BCUT2D eigenvalue weighted by Gasteiger charge is -2.42. The zero-order valence-corrected chi connectivity index (χ0v) is 18.5. The van der Waals surface area contributed by atoms with Crippen molar-refractivity contribution in [3.05, 3.63) is 69.7 Å². The van der Waals surface area contributed by atoms with Crippen LogP contribution in [-0.2, 0) is 15.4 Å². The minimum absolute atomic E-state index is 0.224. The number of sulfonamides is 1. The predicted octanol–water partition coefficient (Wildman–Crippen LogP) is 5.24. The van der Waals surface area contributed by atoms with Crippen LogP contribution in [0.1, 0.15) is 31.2 Å². The second-order valence-corrected chi connectivity index (χ2v) is 10.6. The molecule has 7 heteroatoms. The number of anilines is 1. The molecule has 148 valence electrons. The Morgan fingerprint density at radius 2 is 2.00 bits per heavy atom. The Hall–Kier alpha value is -1.34. The monoisotopic (exact) mass is 480 g/mol. The van der Waals surface area contributed by atoms with Gasteiger partial charge in [0, 0.05) is 33.2 Å². The zero-order valence-electron chi connectivity index (χ0n) is 15.3. The number of benzene rings is 2. The van der Waals surface area contributed by atoms with E-state index in [2.05, 4.69) is 44.7 Å². The van der Waals surface area contributed by atoms with Crippen LogP contribution < -0.4 is 10.0 Å². The van der Waals surface area contributed by atoms with E-state index in [4.69, 9.17) is 11.6 Å². The number of rotatable bonds is 5. The summed E-state index contributed by atoms with van der Waals surface area (Å²) >= 11 is 9.41. The number of halogens is 2. The van der Waals surface area contributed by atoms with Crippen LogP contribution in [0.3, 0.4) is 0 Å². The molecule has 0 radical (unpaired) electrons. The van der Waals surface area contributed by atoms with E-state index in [1.54, 1.807) is 12.1 Å². The summed E-state index contributed by atoms with van der Waals surface area (Å²) < 4.78 is 29.1. The Labute approximate surface area is 179 Å². The van der Waals surface area contributed by atoms with Gasteiger partial charge >= 0.3 is 0 Å². The molecule has 0 amide bonds. The maximum atomic E-state index is 12.6. The summed E-state index contributed by atoms with van der Waals surface area (Å²) in [6.45, 7) is 4.73. The van der Waals surface area contributed by atoms with Gasteiger partial charge in [0.25, 0.3) is 0 Å². The van der Waals surface area contributed by atoms with Crippen LogP contribution in [0.25, 0.3) is 0 Å². The van der Waals surface area contributed by atoms with Crippen LogP contribution in [0.5, 0.6) is 0 Å². The molecule has 1 aliphatic carbocycles. The van der Waals surface area contributed by atoms with Gasteiger partial charge in [0.05, 0.1) is 4.90 Å². The summed E-state index contributed by atoms with van der Waals surface area (Å²) in [5.41, 5.74) is 3.28. The third kappa shape index (κ3) is 3.41. The molecular formula is C21H22BrClN2O2S. The van der Waals surface area contributed by atoms with E-state index in [1.165, 1.54) is 23.3 Å². The average molecular weight is 482 g/mol. The van der Waals surface area contributed by atoms with Gasteiger partial charge in [-0.25, -0.2) is 13.1 Å². The second-order valence-electron chi connectivity index (χ2n) is 7.46. The maximum Gasteiger partial charge on any atom is 0.240 e. The van der Waals surface area contributed by atoms with Crippen molar-refractivity contribution < 1.29 is 8.42 Å². The SMILES string of the molecule is C=C1CCC[C@@H]2Nc3cc(Br)ccc3[C@]12CCNS(=O)(=O)c1ccc(Cl)cc1. The highest BCUT2D eigenvalue weighted by atomic mass is 79.9. The average Bonchev–Trinajstić information content (AvgIpc) is 2.96. The molecule has 0 spiro atoms. The number of hydrogen-bond donors (Lipinski definition) is 2. The molecule has 2 aliphatic rings. The Kier molecular flexibility index (Phi) is 5.33. The summed E-state index contributed by atoms with van der Waals surface area (Å²) in [5, 5.41) is 4.16. The van der Waals surface area contributed by atoms with E-state index in [-0.39, 0.29) is 16.4 Å². The Bertz CT molecular complexity index is 1020. The fourth-order valence-electron chi connectivity index (χ4n) is 4.59. The van der Waals surface area contributed by atoms with Crippen LogP contribution >= 0.6 is 27.5 Å². The van der Waals surface area contributed by atoms with Crippen molar-refractivity contribution >= 4 is 43.2 Å². The van der Waals surface area contributed by atoms with Crippen molar-refractivity contribution in [1.82, 2.24) is 4.72 Å². The summed E-state index contributed by atoms with van der Waals surface area (Å²) in [5.74, 6) is 0. The van der Waals surface area contributed by atoms with Gasteiger partial charge in [-0.3, -0.25) is 0 Å². The van der Waals surface area contributed by atoms with Gasteiger partial charge in [-0.15, -0.1) is 0 Å². The molecule has 0 saturated heterocycles. The Balaban J connectivity index is 1.58. The fraction of sp³-hybridized carbons (Fsp3) is 0.333. The smallest absolute Gasteiger partial charge is 0.240 e. The first-order chi connectivity index (χ1) is 13.3. The number of nitrogens with one attached hydrogen (secondary N) is 2. The quantitative estimate of drug-likeness (QED) is 0.574. The maximum absolute atomic E-state index is 12.6. The van der Waals surface area contributed by atoms with E-state index >= 15 is 0 Å². The summed E-state index contributed by atoms with van der Waals surface area (Å²) in [6.07, 6.45) is 3.79. The molecular weight excluding hydrogens is 460 g/mol. The normalized spacial score (nSPS) is 23.8. The molecule has 1 fully saturated rings. The van der Waals surface area contributed by atoms with Crippen LogP contribution in [0, 0.1) is 0 Å². The van der Waals surface area contributed by atoms with Crippen molar-refractivity contribution in [2.75, 3.05) is 11.9 Å². The lowest BCUT2D eigenvalue weighted by molar-refractivity contribution is 0.344. The van der Waals surface area contributed by atoms with Gasteiger partial charge in [0.1, 0.15) is 0 Å². The van der Waals surface area contributed by atoms with Crippen molar-refractivity contribution in [3.63, 3.8) is 0 Å². The Morgan fingerprint density at radius 1 is 1.25 bits per heavy atom. The topological polar surface area (TPSA) is 58.2 Å². The summed E-state index contributed by atoms with van der Waals surface area (Å²) in [4.78, 5) is 0.224. The Morgan fingerprint density at radius 3 is 2.75 bits per heavy atom. The van der Waals surface area contributed by atoms with Crippen molar-refractivity contribution in [3.8, 4) is 0 Å². The molecule has 2 atom stereocenters. The minimum Gasteiger partial charge on any atom is -0.381 e. The zero-order chi connectivity index (χ0) is 19.9. The fourth-order valence-corrected chi connectivity index (χ4v) is 6.11. The van der Waals surface area contributed by atoms with E-state index in [9.17, 15) is 8.42 Å². The summed E-state index contributed by atoms with van der Waals surface area (Å²) in [7, 11) is -3.58. The number of fused-ring (bicyclic) bond motifs is 3. The first-order valence-corrected chi connectivity index (χ1v) is 12.0. The van der Waals surface area contributed by atoms with Gasteiger partial charge in [0.15, 0.2) is 0 Å². The van der Waals surface area contributed by atoms with Crippen LogP contribution in [-0.4, -0.2) is 21.0 Å². The van der Waals surface area contributed by atoms with E-state index in [0.29, 0.717) is 18.0 Å². The molecule has 4 nitrogen and oxygen atoms in total. The molecule has 1 saturated carbocycles. The first kappa shape index (κ1) is 20.0. The van der Waals surface area contributed by atoms with E-state index < -0.39 is 10.0 Å². The molecule has 2 N–H and O–H groups in total. The molecule has 2 aromatic carbocycles. The van der Waals surface area contributed by atoms with Crippen molar-refractivity contribution in [2.45, 2.75) is 42.0 Å². The first-order valence-electron chi connectivity index (χ1n) is 9.33. The largest absolute Gasteiger partial charge is 0.381 e. The highest BCUT2D eigenvalue weighted by molar-refractivity contribution is 9.10. The van der Waals surface area contributed by atoms with Crippen molar-refractivity contribution in [2.24, 2.45) is 0 Å². The molecule has 0 unspecified atom stereocenters. The minimum atomic E-state index is -3.58. The van der Waals surface area contributed by atoms with Crippen LogP contribution in [0.15, 0.2) is 64.0 Å². The van der Waals surface area contributed by atoms with Crippen molar-refractivity contribution in [1.29, 1.82) is 0 Å². The number of hydrogen-bond acceptors (Lipinski definition) is 3.